The Balaban J connectivity index is 1.70. The van der Waals surface area contributed by atoms with E-state index in [0.29, 0.717) is 23.4 Å². The normalized spacial score (nSPS) is 10.3. The van der Waals surface area contributed by atoms with E-state index in [1.165, 1.54) is 12.3 Å². The van der Waals surface area contributed by atoms with Gasteiger partial charge in [-0.15, -0.1) is 0 Å². The molecule has 0 aliphatic heterocycles. The molecule has 0 aliphatic carbocycles. The Labute approximate surface area is 138 Å². The van der Waals surface area contributed by atoms with Gasteiger partial charge in [0, 0.05) is 17.4 Å². The van der Waals surface area contributed by atoms with Crippen molar-refractivity contribution in [3.8, 4) is 0 Å². The van der Waals surface area contributed by atoms with Gasteiger partial charge < -0.3 is 11.1 Å². The largest absolute Gasteiger partial charge is 0.366 e. The fraction of sp³-hybridized carbons (Fsp3) is 0.0556. The predicted octanol–water partition coefficient (Wildman–Crippen LogP) is 2.28. The first-order valence-corrected chi connectivity index (χ1v) is 7.39. The molecule has 0 spiro atoms. The second-order valence-electron chi connectivity index (χ2n) is 5.31. The number of nitrogens with one attached hydrogen (secondary N) is 1. The van der Waals surface area contributed by atoms with Crippen LogP contribution in [0.5, 0.6) is 0 Å². The lowest BCUT2D eigenvalue weighted by atomic mass is 10.2. The summed E-state index contributed by atoms with van der Waals surface area (Å²) < 4.78 is 1.70. The van der Waals surface area contributed by atoms with Gasteiger partial charge in [0.1, 0.15) is 0 Å². The van der Waals surface area contributed by atoms with Gasteiger partial charge >= 0.3 is 0 Å². The van der Waals surface area contributed by atoms with E-state index in [0.717, 1.165) is 5.56 Å². The predicted molar refractivity (Wildman–Crippen MR) is 90.7 cm³/mol. The third-order valence-electron chi connectivity index (χ3n) is 3.49. The average Bonchev–Trinajstić information content (AvgIpc) is 3.04. The molecule has 3 N–H and O–H groups in total. The number of anilines is 1. The second kappa shape index (κ2) is 6.78. The number of nitrogens with two attached hydrogens (primary N) is 1. The Bertz CT molecular complexity index is 871. The number of primary amides is 1. The minimum atomic E-state index is -0.540. The summed E-state index contributed by atoms with van der Waals surface area (Å²) >= 11 is 0. The van der Waals surface area contributed by atoms with Gasteiger partial charge in [-0.2, -0.15) is 5.10 Å². The number of rotatable bonds is 5. The van der Waals surface area contributed by atoms with Gasteiger partial charge in [0.25, 0.3) is 5.91 Å². The third kappa shape index (κ3) is 3.67. The smallest absolute Gasteiger partial charge is 0.258 e. The first-order valence-electron chi connectivity index (χ1n) is 7.39. The van der Waals surface area contributed by atoms with Crippen LogP contribution in [0.15, 0.2) is 67.0 Å². The molecule has 120 valence electrons. The van der Waals surface area contributed by atoms with E-state index in [4.69, 9.17) is 5.73 Å². The van der Waals surface area contributed by atoms with E-state index in [1.807, 2.05) is 30.3 Å². The number of carbonyl (C=O) groups is 2. The van der Waals surface area contributed by atoms with E-state index in [2.05, 4.69) is 10.4 Å². The minimum Gasteiger partial charge on any atom is -0.366 e. The molecule has 2 amide bonds. The Kier molecular flexibility index (Phi) is 4.38. The number of hydrogen-bond acceptors (Lipinski definition) is 3. The zero-order chi connectivity index (χ0) is 16.9. The Morgan fingerprint density at radius 2 is 1.83 bits per heavy atom. The number of benzene rings is 2. The number of amides is 2. The summed E-state index contributed by atoms with van der Waals surface area (Å²) in [5.41, 5.74) is 7.62. The lowest BCUT2D eigenvalue weighted by Crippen LogP contribution is -2.14. The van der Waals surface area contributed by atoms with Crippen LogP contribution in [0.1, 0.15) is 26.3 Å². The highest BCUT2D eigenvalue weighted by molar-refractivity contribution is 6.04. The standard InChI is InChI=1S/C18H16N4O2/c19-17(23)14-7-4-8-16(9-14)21-18(24)15-10-20-22(12-15)11-13-5-2-1-3-6-13/h1-10,12H,11H2,(H2,19,23)(H,21,24). The molecule has 0 aliphatic rings. The highest BCUT2D eigenvalue weighted by Crippen LogP contribution is 2.12. The highest BCUT2D eigenvalue weighted by Gasteiger charge is 2.10. The van der Waals surface area contributed by atoms with Gasteiger partial charge in [-0.25, -0.2) is 0 Å². The second-order valence-corrected chi connectivity index (χ2v) is 5.31. The maximum absolute atomic E-state index is 12.3. The van der Waals surface area contributed by atoms with Crippen LogP contribution in [-0.4, -0.2) is 21.6 Å². The summed E-state index contributed by atoms with van der Waals surface area (Å²) in [6, 6.07) is 16.3. The van der Waals surface area contributed by atoms with Crippen molar-refractivity contribution >= 4 is 17.5 Å². The molecule has 3 aromatic rings. The number of nitrogens with zero attached hydrogens (tertiary/aromatic N) is 2. The lowest BCUT2D eigenvalue weighted by Gasteiger charge is -2.05. The first kappa shape index (κ1) is 15.5. The Morgan fingerprint density at radius 3 is 2.58 bits per heavy atom. The molecule has 0 bridgehead atoms. The van der Waals surface area contributed by atoms with Crippen LogP contribution in [0.3, 0.4) is 0 Å². The number of aromatic nitrogens is 2. The fourth-order valence-electron chi connectivity index (χ4n) is 2.29. The molecule has 0 saturated carbocycles. The topological polar surface area (TPSA) is 90.0 Å². The van der Waals surface area contributed by atoms with E-state index < -0.39 is 5.91 Å². The molecule has 1 heterocycles. The molecule has 24 heavy (non-hydrogen) atoms. The van der Waals surface area contributed by atoms with Crippen LogP contribution in [0, 0.1) is 0 Å². The molecule has 6 heteroatoms. The van der Waals surface area contributed by atoms with Crippen LogP contribution in [-0.2, 0) is 6.54 Å². The zero-order valence-corrected chi connectivity index (χ0v) is 12.8. The maximum Gasteiger partial charge on any atom is 0.258 e. The van der Waals surface area contributed by atoms with Crippen molar-refractivity contribution in [2.45, 2.75) is 6.54 Å². The van der Waals surface area contributed by atoms with Crippen molar-refractivity contribution in [2.75, 3.05) is 5.32 Å². The van der Waals surface area contributed by atoms with Crippen LogP contribution in [0.2, 0.25) is 0 Å². The van der Waals surface area contributed by atoms with E-state index in [-0.39, 0.29) is 5.91 Å². The van der Waals surface area contributed by atoms with Gasteiger partial charge in [-0.05, 0) is 23.8 Å². The van der Waals surface area contributed by atoms with Crippen LogP contribution in [0.4, 0.5) is 5.69 Å². The van der Waals surface area contributed by atoms with Gasteiger partial charge in [-0.3, -0.25) is 14.3 Å². The summed E-state index contributed by atoms with van der Waals surface area (Å²) in [4.78, 5) is 23.5. The Hall–Kier alpha value is -3.41. The molecular weight excluding hydrogens is 304 g/mol. The van der Waals surface area contributed by atoms with Crippen molar-refractivity contribution in [1.82, 2.24) is 9.78 Å². The molecule has 0 atom stereocenters. The molecule has 3 rings (SSSR count). The molecule has 1 aromatic heterocycles. The van der Waals surface area contributed by atoms with E-state index >= 15 is 0 Å². The molecule has 2 aromatic carbocycles. The molecule has 0 radical (unpaired) electrons. The van der Waals surface area contributed by atoms with Gasteiger partial charge in [-0.1, -0.05) is 36.4 Å². The van der Waals surface area contributed by atoms with Crippen molar-refractivity contribution in [3.05, 3.63) is 83.7 Å². The van der Waals surface area contributed by atoms with Gasteiger partial charge in [0.15, 0.2) is 0 Å². The lowest BCUT2D eigenvalue weighted by molar-refractivity contribution is 0.0996. The number of carbonyl (C=O) groups excluding carboxylic acids is 2. The quantitative estimate of drug-likeness (QED) is 0.755. The van der Waals surface area contributed by atoms with Crippen molar-refractivity contribution in [1.29, 1.82) is 0 Å². The fourth-order valence-corrected chi connectivity index (χ4v) is 2.29. The number of hydrogen-bond donors (Lipinski definition) is 2. The summed E-state index contributed by atoms with van der Waals surface area (Å²) in [5.74, 6) is -0.835. The summed E-state index contributed by atoms with van der Waals surface area (Å²) in [5, 5.41) is 6.93. The van der Waals surface area contributed by atoms with Gasteiger partial charge in [0.05, 0.1) is 18.3 Å². The SMILES string of the molecule is NC(=O)c1cccc(NC(=O)c2cnn(Cc3ccccc3)c2)c1. The summed E-state index contributed by atoms with van der Waals surface area (Å²) in [6.07, 6.45) is 3.19. The summed E-state index contributed by atoms with van der Waals surface area (Å²) in [7, 11) is 0. The average molecular weight is 320 g/mol. The van der Waals surface area contributed by atoms with Crippen LogP contribution in [0.25, 0.3) is 0 Å². The van der Waals surface area contributed by atoms with E-state index in [9.17, 15) is 9.59 Å². The Morgan fingerprint density at radius 1 is 1.04 bits per heavy atom. The van der Waals surface area contributed by atoms with Crippen LogP contribution >= 0.6 is 0 Å². The molecular formula is C18H16N4O2. The zero-order valence-electron chi connectivity index (χ0n) is 12.8. The van der Waals surface area contributed by atoms with Gasteiger partial charge in [0.2, 0.25) is 5.91 Å². The minimum absolute atomic E-state index is 0.295. The molecule has 0 saturated heterocycles. The molecule has 6 nitrogen and oxygen atoms in total. The maximum atomic E-state index is 12.3. The van der Waals surface area contributed by atoms with Crippen molar-refractivity contribution < 1.29 is 9.59 Å². The highest BCUT2D eigenvalue weighted by atomic mass is 16.2. The van der Waals surface area contributed by atoms with Crippen molar-refractivity contribution in [3.63, 3.8) is 0 Å². The third-order valence-corrected chi connectivity index (χ3v) is 3.49. The monoisotopic (exact) mass is 320 g/mol. The van der Waals surface area contributed by atoms with Crippen LogP contribution < -0.4 is 11.1 Å². The first-order chi connectivity index (χ1) is 11.6. The van der Waals surface area contributed by atoms with E-state index in [1.54, 1.807) is 29.1 Å². The van der Waals surface area contributed by atoms with Crippen molar-refractivity contribution in [2.24, 2.45) is 5.73 Å². The molecule has 0 fully saturated rings. The molecule has 0 unspecified atom stereocenters. The summed E-state index contributed by atoms with van der Waals surface area (Å²) in [6.45, 7) is 0.589.